The molecule has 0 heterocycles. The van der Waals surface area contributed by atoms with Crippen molar-refractivity contribution in [3.8, 4) is 5.75 Å². The molecule has 0 spiro atoms. The summed E-state index contributed by atoms with van der Waals surface area (Å²) < 4.78 is 12.8. The monoisotopic (exact) mass is 219 g/mol. The summed E-state index contributed by atoms with van der Waals surface area (Å²) in [5.74, 6) is -1.02. The van der Waals surface area contributed by atoms with Crippen molar-refractivity contribution < 1.29 is 14.6 Å². The highest BCUT2D eigenvalue weighted by molar-refractivity contribution is 6.30. The van der Waals surface area contributed by atoms with Crippen molar-refractivity contribution in [1.29, 1.82) is 0 Å². The molecule has 0 saturated heterocycles. The SMILES string of the molecule is C[C@@H](O)[C@H](N)c1cc(Cl)c(F)cc1O. The zero-order valence-electron chi connectivity index (χ0n) is 7.54. The molecule has 0 radical (unpaired) electrons. The maximum atomic E-state index is 12.8. The molecule has 0 fully saturated rings. The van der Waals surface area contributed by atoms with Crippen LogP contribution in [0.2, 0.25) is 5.02 Å². The van der Waals surface area contributed by atoms with Crippen LogP contribution in [0.5, 0.6) is 5.75 Å². The Balaban J connectivity index is 3.15. The van der Waals surface area contributed by atoms with Gasteiger partial charge in [-0.3, -0.25) is 0 Å². The van der Waals surface area contributed by atoms with E-state index in [-0.39, 0.29) is 16.3 Å². The largest absolute Gasteiger partial charge is 0.507 e. The average Bonchev–Trinajstić information content (AvgIpc) is 2.10. The number of hydrogen-bond donors (Lipinski definition) is 3. The molecule has 14 heavy (non-hydrogen) atoms. The van der Waals surface area contributed by atoms with Gasteiger partial charge in [-0.15, -0.1) is 0 Å². The first-order valence-corrected chi connectivity index (χ1v) is 4.43. The van der Waals surface area contributed by atoms with Gasteiger partial charge in [0.15, 0.2) is 0 Å². The molecule has 0 aliphatic heterocycles. The van der Waals surface area contributed by atoms with Crippen molar-refractivity contribution in [2.24, 2.45) is 5.73 Å². The first kappa shape index (κ1) is 11.2. The third kappa shape index (κ3) is 2.15. The van der Waals surface area contributed by atoms with Crippen molar-refractivity contribution in [3.63, 3.8) is 0 Å². The maximum Gasteiger partial charge on any atom is 0.145 e. The number of phenols is 1. The zero-order valence-corrected chi connectivity index (χ0v) is 8.29. The first-order valence-electron chi connectivity index (χ1n) is 4.05. The fourth-order valence-corrected chi connectivity index (χ4v) is 1.25. The predicted octanol–water partition coefficient (Wildman–Crippen LogP) is 1.57. The summed E-state index contributed by atoms with van der Waals surface area (Å²) in [4.78, 5) is 0. The van der Waals surface area contributed by atoms with Crippen molar-refractivity contribution in [3.05, 3.63) is 28.5 Å². The lowest BCUT2D eigenvalue weighted by molar-refractivity contribution is 0.162. The van der Waals surface area contributed by atoms with Crippen LogP contribution in [0.25, 0.3) is 0 Å². The first-order chi connectivity index (χ1) is 6.43. The van der Waals surface area contributed by atoms with Gasteiger partial charge in [-0.05, 0) is 13.0 Å². The van der Waals surface area contributed by atoms with Crippen LogP contribution in [-0.2, 0) is 0 Å². The van der Waals surface area contributed by atoms with Gasteiger partial charge < -0.3 is 15.9 Å². The number of hydrogen-bond acceptors (Lipinski definition) is 3. The molecular weight excluding hydrogens is 209 g/mol. The molecule has 0 aliphatic rings. The van der Waals surface area contributed by atoms with E-state index in [1.807, 2.05) is 0 Å². The van der Waals surface area contributed by atoms with Crippen LogP contribution in [-0.4, -0.2) is 16.3 Å². The predicted molar refractivity (Wildman–Crippen MR) is 51.7 cm³/mol. The molecule has 4 N–H and O–H groups in total. The molecule has 5 heteroatoms. The van der Waals surface area contributed by atoms with E-state index in [0.717, 1.165) is 6.07 Å². The van der Waals surface area contributed by atoms with Gasteiger partial charge in [0.25, 0.3) is 0 Å². The van der Waals surface area contributed by atoms with Gasteiger partial charge in [0.1, 0.15) is 11.6 Å². The number of phenolic OH excluding ortho intramolecular Hbond substituents is 1. The minimum Gasteiger partial charge on any atom is -0.507 e. The highest BCUT2D eigenvalue weighted by Gasteiger charge is 2.18. The van der Waals surface area contributed by atoms with E-state index >= 15 is 0 Å². The Morgan fingerprint density at radius 3 is 2.57 bits per heavy atom. The molecule has 3 nitrogen and oxygen atoms in total. The van der Waals surface area contributed by atoms with Crippen molar-refractivity contribution >= 4 is 11.6 Å². The molecule has 0 saturated carbocycles. The van der Waals surface area contributed by atoms with Gasteiger partial charge in [0.2, 0.25) is 0 Å². The molecule has 0 unspecified atom stereocenters. The van der Waals surface area contributed by atoms with Crippen LogP contribution in [0.15, 0.2) is 12.1 Å². The number of aliphatic hydroxyl groups excluding tert-OH is 1. The molecule has 0 aliphatic carbocycles. The molecule has 2 atom stereocenters. The van der Waals surface area contributed by atoms with E-state index in [1.54, 1.807) is 0 Å². The Labute approximate surface area is 85.9 Å². The third-order valence-electron chi connectivity index (χ3n) is 1.95. The lowest BCUT2D eigenvalue weighted by atomic mass is 10.0. The van der Waals surface area contributed by atoms with Gasteiger partial charge in [-0.25, -0.2) is 4.39 Å². The van der Waals surface area contributed by atoms with Gasteiger partial charge in [-0.2, -0.15) is 0 Å². The van der Waals surface area contributed by atoms with Crippen LogP contribution in [0.4, 0.5) is 4.39 Å². The van der Waals surface area contributed by atoms with Gasteiger partial charge in [0, 0.05) is 11.6 Å². The van der Waals surface area contributed by atoms with Crippen molar-refractivity contribution in [2.45, 2.75) is 19.1 Å². The highest BCUT2D eigenvalue weighted by Crippen LogP contribution is 2.29. The Bertz CT molecular complexity index is 344. The minimum absolute atomic E-state index is 0.131. The summed E-state index contributed by atoms with van der Waals surface area (Å²) in [6, 6.07) is 1.30. The Hall–Kier alpha value is -0.840. The van der Waals surface area contributed by atoms with Gasteiger partial charge in [-0.1, -0.05) is 11.6 Å². The smallest absolute Gasteiger partial charge is 0.145 e. The molecule has 1 rings (SSSR count). The summed E-state index contributed by atoms with van der Waals surface area (Å²) >= 11 is 5.51. The van der Waals surface area contributed by atoms with Crippen LogP contribution in [0.3, 0.4) is 0 Å². The second kappa shape index (κ2) is 4.13. The normalized spacial score (nSPS) is 15.2. The summed E-state index contributed by atoms with van der Waals surface area (Å²) in [6.07, 6.45) is -0.845. The Kier molecular flexibility index (Phi) is 3.31. The third-order valence-corrected chi connectivity index (χ3v) is 2.24. The lowest BCUT2D eigenvalue weighted by Gasteiger charge is -2.16. The molecule has 0 bridgehead atoms. The van der Waals surface area contributed by atoms with E-state index in [2.05, 4.69) is 0 Å². The quantitative estimate of drug-likeness (QED) is 0.707. The summed E-state index contributed by atoms with van der Waals surface area (Å²) in [5.41, 5.74) is 5.79. The van der Waals surface area contributed by atoms with E-state index in [9.17, 15) is 14.6 Å². The maximum absolute atomic E-state index is 12.8. The molecule has 0 aromatic heterocycles. The average molecular weight is 220 g/mol. The Morgan fingerprint density at radius 1 is 1.50 bits per heavy atom. The number of rotatable bonds is 2. The number of aromatic hydroxyl groups is 1. The van der Waals surface area contributed by atoms with E-state index in [1.165, 1.54) is 13.0 Å². The molecular formula is C9H11ClFNO2. The van der Waals surface area contributed by atoms with E-state index in [4.69, 9.17) is 17.3 Å². The summed E-state index contributed by atoms with van der Waals surface area (Å²) in [5, 5.41) is 18.4. The summed E-state index contributed by atoms with van der Waals surface area (Å²) in [6.45, 7) is 1.47. The number of nitrogens with two attached hydrogens (primary N) is 1. The van der Waals surface area contributed by atoms with Crippen LogP contribution >= 0.6 is 11.6 Å². The highest BCUT2D eigenvalue weighted by atomic mass is 35.5. The summed E-state index contributed by atoms with van der Waals surface area (Å²) in [7, 11) is 0. The molecule has 0 amide bonds. The fraction of sp³-hybridized carbons (Fsp3) is 0.333. The molecule has 1 aromatic rings. The van der Waals surface area contributed by atoms with E-state index < -0.39 is 18.0 Å². The number of aliphatic hydroxyl groups is 1. The van der Waals surface area contributed by atoms with Crippen LogP contribution in [0, 0.1) is 5.82 Å². The van der Waals surface area contributed by atoms with Gasteiger partial charge >= 0.3 is 0 Å². The van der Waals surface area contributed by atoms with Gasteiger partial charge in [0.05, 0.1) is 17.2 Å². The van der Waals surface area contributed by atoms with Crippen molar-refractivity contribution in [1.82, 2.24) is 0 Å². The van der Waals surface area contributed by atoms with E-state index in [0.29, 0.717) is 0 Å². The zero-order chi connectivity index (χ0) is 10.9. The number of benzene rings is 1. The minimum atomic E-state index is -0.845. The topological polar surface area (TPSA) is 66.5 Å². The van der Waals surface area contributed by atoms with Crippen molar-refractivity contribution in [2.75, 3.05) is 0 Å². The lowest BCUT2D eigenvalue weighted by Crippen LogP contribution is -2.23. The van der Waals surface area contributed by atoms with Crippen LogP contribution < -0.4 is 5.73 Å². The second-order valence-corrected chi connectivity index (χ2v) is 3.50. The standard InChI is InChI=1S/C9H11ClFNO2/c1-4(13)9(12)5-2-6(10)7(11)3-8(5)14/h2-4,9,13-14H,12H2,1H3/t4-,9+/m1/s1. The molecule has 78 valence electrons. The molecule has 1 aromatic carbocycles. The fourth-order valence-electron chi connectivity index (χ4n) is 1.08. The number of halogens is 2. The second-order valence-electron chi connectivity index (χ2n) is 3.09. The Morgan fingerprint density at radius 2 is 2.07 bits per heavy atom. The van der Waals surface area contributed by atoms with Crippen LogP contribution in [0.1, 0.15) is 18.5 Å².